The minimum absolute atomic E-state index is 0.00888. The summed E-state index contributed by atoms with van der Waals surface area (Å²) in [6.45, 7) is 3.34. The van der Waals surface area contributed by atoms with Crippen LogP contribution >= 0.6 is 0 Å². The monoisotopic (exact) mass is 1030 g/mol. The Balaban J connectivity index is 0.980. The van der Waals surface area contributed by atoms with E-state index in [-0.39, 0.29) is 32.3 Å². The minimum Gasteiger partial charge on any atom is -0.371 e. The maximum atomic E-state index is 14.2. The molecule has 0 aliphatic carbocycles. The fourth-order valence-electron chi connectivity index (χ4n) is 9.68. The van der Waals surface area contributed by atoms with E-state index in [1.807, 2.05) is 159 Å². The number of unbranched alkanes of at least 4 members (excludes halogenated alkanes) is 7. The molecule has 398 valence electrons. The van der Waals surface area contributed by atoms with Gasteiger partial charge in [0, 0.05) is 18.1 Å². The van der Waals surface area contributed by atoms with Crippen molar-refractivity contribution in [3.8, 4) is 0 Å². The zero-order valence-corrected chi connectivity index (χ0v) is 43.1. The van der Waals surface area contributed by atoms with E-state index >= 15 is 0 Å². The van der Waals surface area contributed by atoms with Gasteiger partial charge < -0.3 is 43.2 Å². The van der Waals surface area contributed by atoms with Crippen molar-refractivity contribution in [2.45, 2.75) is 153 Å². The summed E-state index contributed by atoms with van der Waals surface area (Å²) in [6.07, 6.45) is 3.14. The first-order valence-electron chi connectivity index (χ1n) is 26.8. The Morgan fingerprint density at radius 2 is 1.11 bits per heavy atom. The number of nitrogens with one attached hydrogen (secondary N) is 1. The third-order valence-corrected chi connectivity index (χ3v) is 13.8. The highest BCUT2D eigenvalue weighted by molar-refractivity contribution is 5.76. The quantitative estimate of drug-likeness (QED) is 0.0442. The molecule has 8 rings (SSSR count). The van der Waals surface area contributed by atoms with Crippen molar-refractivity contribution in [1.29, 1.82) is 0 Å². The van der Waals surface area contributed by atoms with Crippen molar-refractivity contribution in [2.75, 3.05) is 13.2 Å². The summed E-state index contributed by atoms with van der Waals surface area (Å²) in [6, 6.07) is 52.8. The zero-order valence-electron chi connectivity index (χ0n) is 43.1. The fraction of sp³-hybridized carbons (Fsp3) is 0.413. The normalized spacial score (nSPS) is 20.7. The molecule has 12 heteroatoms. The predicted molar refractivity (Wildman–Crippen MR) is 284 cm³/mol. The average Bonchev–Trinajstić information content (AvgIpc) is 3.45. The first kappa shape index (κ1) is 55.6. The van der Waals surface area contributed by atoms with Crippen LogP contribution in [0.2, 0.25) is 0 Å². The van der Waals surface area contributed by atoms with Crippen LogP contribution in [0.1, 0.15) is 104 Å². The van der Waals surface area contributed by atoms with Crippen LogP contribution in [-0.2, 0) is 75.5 Å². The van der Waals surface area contributed by atoms with E-state index in [0.29, 0.717) is 38.0 Å². The number of ether oxygens (including phenoxy) is 8. The molecule has 0 radical (unpaired) electrons. The number of hydrogen-bond donors (Lipinski definition) is 1. The summed E-state index contributed by atoms with van der Waals surface area (Å²) in [5.74, 6) is -1.15. The van der Waals surface area contributed by atoms with E-state index in [1.54, 1.807) is 0 Å². The third-order valence-electron chi connectivity index (χ3n) is 13.8. The van der Waals surface area contributed by atoms with Gasteiger partial charge in [-0.15, -0.1) is 0 Å². The van der Waals surface area contributed by atoms with Crippen molar-refractivity contribution >= 4 is 5.91 Å². The van der Waals surface area contributed by atoms with Crippen LogP contribution < -0.4 is 5.32 Å². The van der Waals surface area contributed by atoms with Crippen LogP contribution in [0.15, 0.2) is 170 Å². The molecule has 1 amide bonds. The van der Waals surface area contributed by atoms with Gasteiger partial charge in [-0.1, -0.05) is 196 Å². The van der Waals surface area contributed by atoms with Gasteiger partial charge in [0.25, 0.3) is 0 Å². The molecule has 2 heterocycles. The molecule has 2 aliphatic heterocycles. The first-order chi connectivity index (χ1) is 36.9. The molecule has 9 atom stereocenters. The Bertz CT molecular complexity index is 2530. The highest BCUT2D eigenvalue weighted by atomic mass is 19.1. The lowest BCUT2D eigenvalue weighted by molar-refractivity contribution is -0.373. The number of carbonyl (C=O) groups is 1. The summed E-state index contributed by atoms with van der Waals surface area (Å²) >= 11 is 0. The lowest BCUT2D eigenvalue weighted by Gasteiger charge is -2.49. The van der Waals surface area contributed by atoms with Crippen molar-refractivity contribution < 1.29 is 51.5 Å². The van der Waals surface area contributed by atoms with E-state index in [1.165, 1.54) is 12.1 Å². The second-order valence-corrected chi connectivity index (χ2v) is 19.6. The lowest BCUT2D eigenvalue weighted by atomic mass is 9.96. The number of halogens is 2. The van der Waals surface area contributed by atoms with Gasteiger partial charge in [0.1, 0.15) is 42.2 Å². The molecule has 0 aromatic heterocycles. The van der Waals surface area contributed by atoms with Crippen molar-refractivity contribution in [2.24, 2.45) is 0 Å². The summed E-state index contributed by atoms with van der Waals surface area (Å²) < 4.78 is 81.4. The smallest absolute Gasteiger partial charge is 0.220 e. The maximum absolute atomic E-state index is 14.2. The molecule has 0 spiro atoms. The lowest BCUT2D eigenvalue weighted by Crippen LogP contribution is -2.64. The molecule has 1 N–H and O–H groups in total. The first-order valence-corrected chi connectivity index (χ1v) is 26.8. The van der Waals surface area contributed by atoms with Gasteiger partial charge in [-0.2, -0.15) is 0 Å². The fourth-order valence-corrected chi connectivity index (χ4v) is 9.68. The Morgan fingerprint density at radius 1 is 0.587 bits per heavy atom. The van der Waals surface area contributed by atoms with Gasteiger partial charge in [-0.3, -0.25) is 4.79 Å². The predicted octanol–water partition coefficient (Wildman–Crippen LogP) is 12.7. The van der Waals surface area contributed by atoms with Crippen molar-refractivity contribution in [1.82, 2.24) is 5.32 Å². The Kier molecular flexibility index (Phi) is 22.3. The summed E-state index contributed by atoms with van der Waals surface area (Å²) in [4.78, 5) is 14.2. The standard InChI is InChI=1S/C63H73F2NO9/c1-46(68-40-47-25-13-8-14-26-47)58(69-41-48-27-15-9-16-28-48)55(66-57(67)36-24-7-5-3-2-4-6-21-33-51-37-38-53(64)39-54(51)65)44-72-63-61(71-43-50-31-19-11-20-32-50)60(70-42-49-29-17-10-18-30-49)59-56(74-63)45-73-62(75-59)52-34-22-12-23-35-52/h8-20,22-23,25-32,34-35,37-39,46,55-56,58-63H,2-7,21,24,33,36,40-45H2,1H3,(H,66,67)/t46-,55+,56?,58-,59?,60?,61?,62?,63?/m1/s1. The van der Waals surface area contributed by atoms with Gasteiger partial charge in [0.15, 0.2) is 12.6 Å². The van der Waals surface area contributed by atoms with Crippen molar-refractivity contribution in [3.05, 3.63) is 215 Å². The SMILES string of the molecule is C[C@@H](OCc1ccccc1)[C@@H](OCc1ccccc1)[C@H](COC1OC2COC(c3ccccc3)OC2C(OCc2ccccc2)C1OCc1ccccc1)NC(=O)CCCCCCCCCCc1ccc(F)cc1F. The van der Waals surface area contributed by atoms with E-state index in [0.717, 1.165) is 78.8 Å². The molecule has 2 aliphatic rings. The highest BCUT2D eigenvalue weighted by Gasteiger charge is 2.52. The molecule has 10 nitrogen and oxygen atoms in total. The van der Waals surface area contributed by atoms with Crippen LogP contribution in [0, 0.1) is 11.6 Å². The Labute approximate surface area is 442 Å². The van der Waals surface area contributed by atoms with Crippen LogP contribution in [-0.4, -0.2) is 68.1 Å². The number of benzene rings is 6. The number of fused-ring (bicyclic) bond motifs is 1. The van der Waals surface area contributed by atoms with Gasteiger partial charge >= 0.3 is 0 Å². The maximum Gasteiger partial charge on any atom is 0.220 e. The second-order valence-electron chi connectivity index (χ2n) is 19.6. The molecule has 6 aromatic carbocycles. The molecular weight excluding hydrogens is 953 g/mol. The molecular formula is C63H73F2NO9. The number of amides is 1. The van der Waals surface area contributed by atoms with Gasteiger partial charge in [-0.25, -0.2) is 8.78 Å². The molecule has 0 saturated carbocycles. The molecule has 75 heavy (non-hydrogen) atoms. The van der Waals surface area contributed by atoms with Gasteiger partial charge in [0.05, 0.1) is 51.8 Å². The summed E-state index contributed by atoms with van der Waals surface area (Å²) in [5, 5.41) is 3.34. The average molecular weight is 1030 g/mol. The highest BCUT2D eigenvalue weighted by Crippen LogP contribution is 2.38. The number of carbonyl (C=O) groups excluding carboxylic acids is 1. The second kappa shape index (κ2) is 30.2. The number of rotatable bonds is 30. The summed E-state index contributed by atoms with van der Waals surface area (Å²) in [7, 11) is 0. The summed E-state index contributed by atoms with van der Waals surface area (Å²) in [5.41, 5.74) is 5.39. The number of aryl methyl sites for hydroxylation is 1. The third kappa shape index (κ3) is 17.7. The van der Waals surface area contributed by atoms with E-state index in [4.69, 9.17) is 37.9 Å². The van der Waals surface area contributed by atoms with E-state index in [9.17, 15) is 13.6 Å². The van der Waals surface area contributed by atoms with E-state index in [2.05, 4.69) is 5.32 Å². The largest absolute Gasteiger partial charge is 0.371 e. The van der Waals surface area contributed by atoms with Gasteiger partial charge in [-0.05, 0) is 60.1 Å². The van der Waals surface area contributed by atoms with Crippen molar-refractivity contribution in [3.63, 3.8) is 0 Å². The van der Waals surface area contributed by atoms with Gasteiger partial charge in [0.2, 0.25) is 5.91 Å². The van der Waals surface area contributed by atoms with Crippen LogP contribution in [0.4, 0.5) is 8.78 Å². The zero-order chi connectivity index (χ0) is 51.9. The molecule has 2 fully saturated rings. The molecule has 2 saturated heterocycles. The Morgan fingerprint density at radius 3 is 1.69 bits per heavy atom. The van der Waals surface area contributed by atoms with Crippen LogP contribution in [0.25, 0.3) is 0 Å². The van der Waals surface area contributed by atoms with Crippen LogP contribution in [0.3, 0.4) is 0 Å². The van der Waals surface area contributed by atoms with E-state index < -0.39 is 66.9 Å². The molecule has 0 bridgehead atoms. The minimum atomic E-state index is -0.977. The number of hydrogen-bond acceptors (Lipinski definition) is 9. The Hall–Kier alpha value is -5.67. The molecule has 6 unspecified atom stereocenters. The topological polar surface area (TPSA) is 103 Å². The van der Waals surface area contributed by atoms with Crippen LogP contribution in [0.5, 0.6) is 0 Å². The molecule has 6 aromatic rings.